The first-order chi connectivity index (χ1) is 12.3. The molecule has 5 nitrogen and oxygen atoms in total. The zero-order valence-electron chi connectivity index (χ0n) is 14.2. The van der Waals surface area contributed by atoms with E-state index in [1.807, 2.05) is 0 Å². The molecule has 0 bridgehead atoms. The van der Waals surface area contributed by atoms with Crippen LogP contribution in [0.5, 0.6) is 0 Å². The standard InChI is InChI=1S/C18H17ClFNO4S/c1-11-15-10-14(20)5-3-12(15)7-8-21(11)26(23,24)17-6-4-13(9-16(17)19)18(22)25-2/h3-6,9-11H,7-8H2,1-2H3. The van der Waals surface area contributed by atoms with E-state index in [2.05, 4.69) is 4.74 Å². The number of nitrogens with zero attached hydrogens (tertiary/aromatic N) is 1. The van der Waals surface area contributed by atoms with Gasteiger partial charge >= 0.3 is 5.97 Å². The first-order valence-corrected chi connectivity index (χ1v) is 9.75. The molecule has 8 heteroatoms. The molecule has 2 aromatic rings. The van der Waals surface area contributed by atoms with E-state index in [-0.39, 0.29) is 22.0 Å². The van der Waals surface area contributed by atoms with Crippen molar-refractivity contribution in [1.82, 2.24) is 4.31 Å². The zero-order valence-corrected chi connectivity index (χ0v) is 15.8. The smallest absolute Gasteiger partial charge is 0.337 e. The molecular weight excluding hydrogens is 381 g/mol. The Labute approximate surface area is 156 Å². The first kappa shape index (κ1) is 18.8. The highest BCUT2D eigenvalue weighted by Gasteiger charge is 2.35. The van der Waals surface area contributed by atoms with Crippen LogP contribution < -0.4 is 0 Å². The molecule has 1 aliphatic heterocycles. The van der Waals surface area contributed by atoms with Gasteiger partial charge in [0.2, 0.25) is 10.0 Å². The van der Waals surface area contributed by atoms with E-state index < -0.39 is 27.9 Å². The number of hydrogen-bond acceptors (Lipinski definition) is 4. The predicted octanol–water partition coefficient (Wildman–Crippen LogP) is 3.57. The Hall–Kier alpha value is -1.96. The van der Waals surface area contributed by atoms with Gasteiger partial charge in [-0.05, 0) is 54.8 Å². The number of halogens is 2. The Morgan fingerprint density at radius 1 is 1.27 bits per heavy atom. The highest BCUT2D eigenvalue weighted by atomic mass is 35.5. The van der Waals surface area contributed by atoms with Crippen molar-refractivity contribution in [2.75, 3.05) is 13.7 Å². The van der Waals surface area contributed by atoms with Gasteiger partial charge in [-0.3, -0.25) is 0 Å². The Morgan fingerprint density at radius 3 is 2.65 bits per heavy atom. The van der Waals surface area contributed by atoms with Crippen molar-refractivity contribution in [2.24, 2.45) is 0 Å². The molecule has 0 radical (unpaired) electrons. The maximum absolute atomic E-state index is 13.6. The number of rotatable bonds is 3. The van der Waals surface area contributed by atoms with Crippen molar-refractivity contribution in [3.8, 4) is 0 Å². The van der Waals surface area contributed by atoms with Crippen molar-refractivity contribution in [3.63, 3.8) is 0 Å². The number of hydrogen-bond donors (Lipinski definition) is 0. The molecule has 0 fully saturated rings. The quantitative estimate of drug-likeness (QED) is 0.743. The number of ether oxygens (including phenoxy) is 1. The van der Waals surface area contributed by atoms with Gasteiger partial charge in [0.05, 0.1) is 17.7 Å². The first-order valence-electron chi connectivity index (χ1n) is 7.93. The van der Waals surface area contributed by atoms with E-state index in [0.717, 1.165) is 5.56 Å². The average molecular weight is 398 g/mol. The molecule has 0 aromatic heterocycles. The van der Waals surface area contributed by atoms with Crippen LogP contribution in [-0.2, 0) is 21.2 Å². The fraction of sp³-hybridized carbons (Fsp3) is 0.278. The number of carbonyl (C=O) groups excluding carboxylic acids is 1. The minimum absolute atomic E-state index is 0.0647. The molecule has 26 heavy (non-hydrogen) atoms. The summed E-state index contributed by atoms with van der Waals surface area (Å²) >= 11 is 6.13. The molecule has 1 heterocycles. The number of carbonyl (C=O) groups is 1. The highest BCUT2D eigenvalue weighted by molar-refractivity contribution is 7.89. The lowest BCUT2D eigenvalue weighted by Gasteiger charge is -2.34. The van der Waals surface area contributed by atoms with Gasteiger partial charge in [-0.2, -0.15) is 4.31 Å². The molecule has 1 aliphatic rings. The summed E-state index contributed by atoms with van der Waals surface area (Å²) < 4.78 is 45.7. The Balaban J connectivity index is 2.00. The summed E-state index contributed by atoms with van der Waals surface area (Å²) in [4.78, 5) is 11.5. The fourth-order valence-electron chi connectivity index (χ4n) is 3.17. The van der Waals surface area contributed by atoms with Crippen LogP contribution in [-0.4, -0.2) is 32.3 Å². The second-order valence-corrected chi connectivity index (χ2v) is 8.29. The van der Waals surface area contributed by atoms with Gasteiger partial charge in [-0.15, -0.1) is 0 Å². The van der Waals surface area contributed by atoms with Crippen LogP contribution in [0.2, 0.25) is 5.02 Å². The van der Waals surface area contributed by atoms with Crippen LogP contribution in [0.15, 0.2) is 41.3 Å². The fourth-order valence-corrected chi connectivity index (χ4v) is 5.30. The van der Waals surface area contributed by atoms with E-state index in [1.54, 1.807) is 13.0 Å². The number of sulfonamides is 1. The van der Waals surface area contributed by atoms with Gasteiger partial charge in [-0.25, -0.2) is 17.6 Å². The number of benzene rings is 2. The zero-order chi connectivity index (χ0) is 19.1. The van der Waals surface area contributed by atoms with Crippen LogP contribution in [0.4, 0.5) is 4.39 Å². The molecule has 0 spiro atoms. The summed E-state index contributed by atoms with van der Waals surface area (Å²) in [5, 5.41) is -0.0647. The van der Waals surface area contributed by atoms with Crippen molar-refractivity contribution in [2.45, 2.75) is 24.3 Å². The van der Waals surface area contributed by atoms with E-state index in [9.17, 15) is 17.6 Å². The molecule has 1 unspecified atom stereocenters. The summed E-state index contributed by atoms with van der Waals surface area (Å²) in [7, 11) is -2.69. The van der Waals surface area contributed by atoms with Crippen LogP contribution in [0.1, 0.15) is 34.5 Å². The molecule has 0 N–H and O–H groups in total. The predicted molar refractivity (Wildman–Crippen MR) is 95.2 cm³/mol. The molecule has 3 rings (SSSR count). The van der Waals surface area contributed by atoms with Crippen molar-refractivity contribution >= 4 is 27.6 Å². The third-order valence-corrected chi connectivity index (χ3v) is 6.98. The second-order valence-electron chi connectivity index (χ2n) is 6.02. The number of fused-ring (bicyclic) bond motifs is 1. The highest BCUT2D eigenvalue weighted by Crippen LogP contribution is 2.36. The van der Waals surface area contributed by atoms with E-state index in [4.69, 9.17) is 11.6 Å². The summed E-state index contributed by atoms with van der Waals surface area (Å²) in [6.45, 7) is 1.98. The van der Waals surface area contributed by atoms with E-state index in [1.165, 1.54) is 41.7 Å². The number of esters is 1. The largest absolute Gasteiger partial charge is 0.465 e. The SMILES string of the molecule is COC(=O)c1ccc(S(=O)(=O)N2CCc3ccc(F)cc3C2C)c(Cl)c1. The molecule has 2 aromatic carbocycles. The van der Waals surface area contributed by atoms with Crippen LogP contribution in [0.25, 0.3) is 0 Å². The van der Waals surface area contributed by atoms with Crippen LogP contribution in [0, 0.1) is 5.82 Å². The van der Waals surface area contributed by atoms with Gasteiger partial charge in [0.25, 0.3) is 0 Å². The van der Waals surface area contributed by atoms with E-state index >= 15 is 0 Å². The minimum Gasteiger partial charge on any atom is -0.465 e. The maximum atomic E-state index is 13.6. The number of methoxy groups -OCH3 is 1. The molecule has 138 valence electrons. The van der Waals surface area contributed by atoms with Crippen molar-refractivity contribution < 1.29 is 22.3 Å². The normalized spacial score (nSPS) is 17.6. The van der Waals surface area contributed by atoms with Gasteiger partial charge < -0.3 is 4.74 Å². The van der Waals surface area contributed by atoms with E-state index in [0.29, 0.717) is 12.0 Å². The van der Waals surface area contributed by atoms with Crippen LogP contribution in [0.3, 0.4) is 0 Å². The third kappa shape index (κ3) is 3.22. The Bertz CT molecular complexity index is 977. The van der Waals surface area contributed by atoms with Crippen molar-refractivity contribution in [3.05, 3.63) is 63.9 Å². The lowest BCUT2D eigenvalue weighted by molar-refractivity contribution is 0.0600. The minimum atomic E-state index is -3.92. The Kier molecular flexibility index (Phi) is 5.05. The molecule has 1 atom stereocenters. The second kappa shape index (κ2) is 6.98. The lowest BCUT2D eigenvalue weighted by Crippen LogP contribution is -2.39. The summed E-state index contributed by atoms with van der Waals surface area (Å²) in [5.74, 6) is -1.01. The summed E-state index contributed by atoms with van der Waals surface area (Å²) in [6, 6.07) is 7.80. The molecule has 0 amide bonds. The van der Waals surface area contributed by atoms with Gasteiger partial charge in [-0.1, -0.05) is 17.7 Å². The van der Waals surface area contributed by atoms with Gasteiger partial charge in [0.15, 0.2) is 0 Å². The topological polar surface area (TPSA) is 63.7 Å². The Morgan fingerprint density at radius 2 is 2.00 bits per heavy atom. The third-order valence-electron chi connectivity index (χ3n) is 4.53. The van der Waals surface area contributed by atoms with Gasteiger partial charge in [0.1, 0.15) is 10.7 Å². The molecule has 0 aliphatic carbocycles. The average Bonchev–Trinajstić information content (AvgIpc) is 2.61. The monoisotopic (exact) mass is 397 g/mol. The molecule has 0 saturated carbocycles. The molecule has 0 saturated heterocycles. The molecular formula is C18H17ClFNO4S. The lowest BCUT2D eigenvalue weighted by atomic mass is 9.95. The van der Waals surface area contributed by atoms with Crippen molar-refractivity contribution in [1.29, 1.82) is 0 Å². The maximum Gasteiger partial charge on any atom is 0.337 e. The summed E-state index contributed by atoms with van der Waals surface area (Å²) in [6.07, 6.45) is 0.483. The summed E-state index contributed by atoms with van der Waals surface area (Å²) in [5.41, 5.74) is 1.73. The van der Waals surface area contributed by atoms with Gasteiger partial charge in [0, 0.05) is 12.6 Å². The van der Waals surface area contributed by atoms with Crippen LogP contribution >= 0.6 is 11.6 Å².